The first-order chi connectivity index (χ1) is 15.7. The first-order valence-corrected chi connectivity index (χ1v) is 10.9. The van der Waals surface area contributed by atoms with E-state index in [0.29, 0.717) is 16.9 Å². The number of carbonyl (C=O) groups is 1. The average molecular weight is 433 g/mol. The van der Waals surface area contributed by atoms with Crippen molar-refractivity contribution in [1.82, 2.24) is 4.98 Å². The summed E-state index contributed by atoms with van der Waals surface area (Å²) in [6.45, 7) is 0. The van der Waals surface area contributed by atoms with Gasteiger partial charge >= 0.3 is 5.97 Å². The van der Waals surface area contributed by atoms with Crippen LogP contribution >= 0.6 is 11.3 Å². The largest absolute Gasteiger partial charge is 0.423 e. The van der Waals surface area contributed by atoms with Gasteiger partial charge in [-0.15, -0.1) is 11.3 Å². The third-order valence-corrected chi connectivity index (χ3v) is 6.01. The third-order valence-electron chi connectivity index (χ3n) is 5.12. The molecule has 5 rings (SSSR count). The van der Waals surface area contributed by atoms with Gasteiger partial charge in [0.1, 0.15) is 5.75 Å². The smallest absolute Gasteiger partial charge is 0.344 e. The number of carbonyl (C=O) groups excluding carboxylic acids is 1. The first kappa shape index (κ1) is 19.7. The lowest BCUT2D eigenvalue weighted by molar-refractivity contribution is 0.0737. The number of esters is 1. The van der Waals surface area contributed by atoms with Gasteiger partial charge in [0.25, 0.3) is 0 Å². The topological polar surface area (TPSA) is 63.0 Å². The molecule has 32 heavy (non-hydrogen) atoms. The molecule has 3 aromatic carbocycles. The van der Waals surface area contributed by atoms with Gasteiger partial charge in [0.05, 0.1) is 33.3 Å². The molecular formula is C27H16N2O2S. The molecule has 0 unspecified atom stereocenters. The Morgan fingerprint density at radius 1 is 0.875 bits per heavy atom. The van der Waals surface area contributed by atoms with Crippen LogP contribution in [0.5, 0.6) is 5.75 Å². The minimum absolute atomic E-state index is 0.424. The second-order valence-electron chi connectivity index (χ2n) is 7.15. The number of hydrogen-bond donors (Lipinski definition) is 0. The molecule has 5 aromatic rings. The second-order valence-corrected chi connectivity index (χ2v) is 8.10. The normalized spacial score (nSPS) is 10.6. The second kappa shape index (κ2) is 8.46. The van der Waals surface area contributed by atoms with E-state index in [1.54, 1.807) is 41.7 Å². The van der Waals surface area contributed by atoms with Gasteiger partial charge in [-0.25, -0.2) is 9.78 Å². The molecule has 5 heteroatoms. The summed E-state index contributed by atoms with van der Waals surface area (Å²) in [7, 11) is 0. The molecule has 0 aliphatic carbocycles. The van der Waals surface area contributed by atoms with E-state index in [-0.39, 0.29) is 0 Å². The molecule has 0 fully saturated rings. The van der Waals surface area contributed by atoms with Crippen molar-refractivity contribution < 1.29 is 9.53 Å². The van der Waals surface area contributed by atoms with E-state index in [2.05, 4.69) is 6.07 Å². The SMILES string of the molecule is N#Cc1ccc(-c2ccc(OC(=O)c3cc(-c4cccs4)nc4ccccc34)cc2)cc1. The van der Waals surface area contributed by atoms with E-state index < -0.39 is 5.97 Å². The van der Waals surface area contributed by atoms with E-state index in [1.807, 2.05) is 66.0 Å². The molecule has 0 spiro atoms. The first-order valence-electron chi connectivity index (χ1n) is 9.98. The zero-order valence-corrected chi connectivity index (χ0v) is 17.7. The van der Waals surface area contributed by atoms with E-state index in [9.17, 15) is 4.79 Å². The van der Waals surface area contributed by atoms with Gasteiger partial charge in [-0.2, -0.15) is 5.26 Å². The summed E-state index contributed by atoms with van der Waals surface area (Å²) < 4.78 is 5.70. The summed E-state index contributed by atoms with van der Waals surface area (Å²) in [6, 6.07) is 30.1. The number of thiophene rings is 1. The summed E-state index contributed by atoms with van der Waals surface area (Å²) in [5.41, 5.74) is 4.57. The van der Waals surface area contributed by atoms with Gasteiger partial charge < -0.3 is 4.74 Å². The van der Waals surface area contributed by atoms with Crippen LogP contribution in [0.1, 0.15) is 15.9 Å². The Bertz CT molecular complexity index is 1450. The fourth-order valence-electron chi connectivity index (χ4n) is 3.51. The summed E-state index contributed by atoms with van der Waals surface area (Å²) in [4.78, 5) is 18.8. The van der Waals surface area contributed by atoms with Crippen molar-refractivity contribution in [3.63, 3.8) is 0 Å². The van der Waals surface area contributed by atoms with E-state index in [0.717, 1.165) is 32.6 Å². The molecule has 0 aliphatic heterocycles. The van der Waals surface area contributed by atoms with Gasteiger partial charge in [-0.05, 0) is 59.0 Å². The van der Waals surface area contributed by atoms with E-state index in [4.69, 9.17) is 15.0 Å². The summed E-state index contributed by atoms with van der Waals surface area (Å²) in [6.07, 6.45) is 0. The van der Waals surface area contributed by atoms with Crippen LogP contribution in [0.3, 0.4) is 0 Å². The number of aromatic nitrogens is 1. The summed E-state index contributed by atoms with van der Waals surface area (Å²) in [5, 5.41) is 11.7. The van der Waals surface area contributed by atoms with Crippen molar-refractivity contribution in [2.75, 3.05) is 0 Å². The zero-order valence-electron chi connectivity index (χ0n) is 16.9. The maximum absolute atomic E-state index is 13.1. The Morgan fingerprint density at radius 3 is 2.28 bits per heavy atom. The fourth-order valence-corrected chi connectivity index (χ4v) is 4.20. The highest BCUT2D eigenvalue weighted by Crippen LogP contribution is 2.29. The predicted molar refractivity (Wildman–Crippen MR) is 127 cm³/mol. The van der Waals surface area contributed by atoms with Crippen molar-refractivity contribution in [2.45, 2.75) is 0 Å². The summed E-state index contributed by atoms with van der Waals surface area (Å²) >= 11 is 1.58. The highest BCUT2D eigenvalue weighted by Gasteiger charge is 2.16. The molecule has 152 valence electrons. The van der Waals surface area contributed by atoms with Crippen LogP contribution in [-0.4, -0.2) is 11.0 Å². The molecule has 0 saturated carbocycles. The fraction of sp³-hybridized carbons (Fsp3) is 0. The standard InChI is InChI=1S/C27H16N2O2S/c28-17-18-7-9-19(10-8-18)20-11-13-21(14-12-20)31-27(30)23-16-25(26-6-3-15-32-26)29-24-5-2-1-4-22(23)24/h1-16H. The van der Waals surface area contributed by atoms with Crippen molar-refractivity contribution in [1.29, 1.82) is 5.26 Å². The lowest BCUT2D eigenvalue weighted by atomic mass is 10.0. The maximum Gasteiger partial charge on any atom is 0.344 e. The molecule has 0 atom stereocenters. The number of rotatable bonds is 4. The highest BCUT2D eigenvalue weighted by molar-refractivity contribution is 7.13. The van der Waals surface area contributed by atoms with Crippen LogP contribution < -0.4 is 4.74 Å². The van der Waals surface area contributed by atoms with Gasteiger partial charge in [-0.3, -0.25) is 0 Å². The van der Waals surface area contributed by atoms with Gasteiger partial charge in [-0.1, -0.05) is 48.5 Å². The lowest BCUT2D eigenvalue weighted by Crippen LogP contribution is -2.10. The Balaban J connectivity index is 1.44. The number of fused-ring (bicyclic) bond motifs is 1. The molecule has 2 heterocycles. The Kier molecular flexibility index (Phi) is 5.20. The molecule has 0 saturated heterocycles. The highest BCUT2D eigenvalue weighted by atomic mass is 32.1. The quantitative estimate of drug-likeness (QED) is 0.234. The van der Waals surface area contributed by atoms with Crippen molar-refractivity contribution in [3.8, 4) is 33.5 Å². The number of nitriles is 1. The maximum atomic E-state index is 13.1. The number of ether oxygens (including phenoxy) is 1. The Hall–Kier alpha value is -4.27. The van der Waals surface area contributed by atoms with Crippen LogP contribution in [0.2, 0.25) is 0 Å². The van der Waals surface area contributed by atoms with Crippen molar-refractivity contribution in [2.24, 2.45) is 0 Å². The van der Waals surface area contributed by atoms with Crippen LogP contribution in [0.4, 0.5) is 0 Å². The van der Waals surface area contributed by atoms with E-state index >= 15 is 0 Å². The predicted octanol–water partition coefficient (Wildman–Crippen LogP) is 6.72. The monoisotopic (exact) mass is 432 g/mol. The molecule has 2 aromatic heterocycles. The molecular weight excluding hydrogens is 416 g/mol. The van der Waals surface area contributed by atoms with Gasteiger partial charge in [0.2, 0.25) is 0 Å². The number of benzene rings is 3. The molecule has 0 bridgehead atoms. The van der Waals surface area contributed by atoms with Crippen LogP contribution in [-0.2, 0) is 0 Å². The van der Waals surface area contributed by atoms with Crippen molar-refractivity contribution in [3.05, 3.63) is 108 Å². The molecule has 0 amide bonds. The number of pyridine rings is 1. The molecule has 0 radical (unpaired) electrons. The number of hydrogen-bond acceptors (Lipinski definition) is 5. The molecule has 0 N–H and O–H groups in total. The third kappa shape index (κ3) is 3.87. The molecule has 4 nitrogen and oxygen atoms in total. The van der Waals surface area contributed by atoms with Gasteiger partial charge in [0, 0.05) is 5.39 Å². The van der Waals surface area contributed by atoms with Crippen LogP contribution in [0.25, 0.3) is 32.6 Å². The Morgan fingerprint density at radius 2 is 1.59 bits per heavy atom. The van der Waals surface area contributed by atoms with Crippen molar-refractivity contribution >= 4 is 28.2 Å². The zero-order chi connectivity index (χ0) is 21.9. The van der Waals surface area contributed by atoms with Crippen LogP contribution in [0, 0.1) is 11.3 Å². The minimum Gasteiger partial charge on any atom is -0.423 e. The molecule has 0 aliphatic rings. The number of nitrogens with zero attached hydrogens (tertiary/aromatic N) is 2. The lowest BCUT2D eigenvalue weighted by Gasteiger charge is -2.10. The number of para-hydroxylation sites is 1. The Labute approximate surface area is 189 Å². The minimum atomic E-state index is -0.424. The average Bonchev–Trinajstić information content (AvgIpc) is 3.39. The van der Waals surface area contributed by atoms with Gasteiger partial charge in [0.15, 0.2) is 0 Å². The van der Waals surface area contributed by atoms with E-state index in [1.165, 1.54) is 0 Å². The summed E-state index contributed by atoms with van der Waals surface area (Å²) in [5.74, 6) is 0.0403. The van der Waals surface area contributed by atoms with Crippen LogP contribution in [0.15, 0.2) is 96.4 Å².